The van der Waals surface area contributed by atoms with Crippen LogP contribution in [-0.2, 0) is 4.79 Å². The third-order valence-electron chi connectivity index (χ3n) is 1.83. The lowest BCUT2D eigenvalue weighted by atomic mass is 10.3. The highest BCUT2D eigenvalue weighted by molar-refractivity contribution is 5.84. The fourth-order valence-corrected chi connectivity index (χ4v) is 1.03. The van der Waals surface area contributed by atoms with E-state index in [4.69, 9.17) is 5.73 Å². The number of nitrogens with two attached hydrogens (primary N) is 1. The maximum Gasteiger partial charge on any atom is 0.241 e. The van der Waals surface area contributed by atoms with Crippen molar-refractivity contribution in [2.24, 2.45) is 0 Å². The van der Waals surface area contributed by atoms with E-state index in [-0.39, 0.29) is 11.9 Å². The van der Waals surface area contributed by atoms with Gasteiger partial charge in [-0.1, -0.05) is 0 Å². The van der Waals surface area contributed by atoms with Gasteiger partial charge in [-0.3, -0.25) is 4.79 Å². The summed E-state index contributed by atoms with van der Waals surface area (Å²) >= 11 is 0. The molecular weight excluding hydrogens is 180 g/mol. The van der Waals surface area contributed by atoms with Gasteiger partial charge in [-0.25, -0.2) is 4.98 Å². The quantitative estimate of drug-likeness (QED) is 0.642. The highest BCUT2D eigenvalue weighted by Gasteiger charge is 2.11. The van der Waals surface area contributed by atoms with Crippen molar-refractivity contribution in [1.82, 2.24) is 10.3 Å². The van der Waals surface area contributed by atoms with Crippen LogP contribution in [0.25, 0.3) is 0 Å². The maximum atomic E-state index is 11.2. The van der Waals surface area contributed by atoms with Gasteiger partial charge in [-0.15, -0.1) is 0 Å². The molecule has 5 nitrogen and oxygen atoms in total. The lowest BCUT2D eigenvalue weighted by Crippen LogP contribution is -2.35. The molecule has 0 aromatic carbocycles. The summed E-state index contributed by atoms with van der Waals surface area (Å²) in [6.07, 6.45) is 1.62. The van der Waals surface area contributed by atoms with Crippen molar-refractivity contribution in [1.29, 1.82) is 0 Å². The van der Waals surface area contributed by atoms with Crippen LogP contribution in [0.15, 0.2) is 18.3 Å². The average Bonchev–Trinajstić information content (AvgIpc) is 2.20. The first-order chi connectivity index (χ1) is 6.65. The zero-order valence-corrected chi connectivity index (χ0v) is 8.24. The van der Waals surface area contributed by atoms with Gasteiger partial charge >= 0.3 is 0 Å². The molecule has 0 aliphatic carbocycles. The molecule has 1 aromatic rings. The lowest BCUT2D eigenvalue weighted by molar-refractivity contribution is -0.121. The Morgan fingerprint density at radius 1 is 1.64 bits per heavy atom. The number of hydrogen-bond acceptors (Lipinski definition) is 4. The molecule has 0 saturated heterocycles. The number of amides is 1. The number of nitrogens with one attached hydrogen (secondary N) is 2. The van der Waals surface area contributed by atoms with Gasteiger partial charge in [0.2, 0.25) is 5.91 Å². The summed E-state index contributed by atoms with van der Waals surface area (Å²) in [5.74, 6) is 0.429. The Kier molecular flexibility index (Phi) is 3.28. The van der Waals surface area contributed by atoms with E-state index in [9.17, 15) is 4.79 Å². The largest absolute Gasteiger partial charge is 0.396 e. The summed E-state index contributed by atoms with van der Waals surface area (Å²) in [5.41, 5.74) is 6.18. The minimum absolute atomic E-state index is 0.102. The van der Waals surface area contributed by atoms with Crippen molar-refractivity contribution >= 4 is 17.4 Å². The van der Waals surface area contributed by atoms with Crippen molar-refractivity contribution in [3.63, 3.8) is 0 Å². The van der Waals surface area contributed by atoms with Gasteiger partial charge in [-0.2, -0.15) is 0 Å². The molecule has 1 rings (SSSR count). The molecule has 1 atom stereocenters. The van der Waals surface area contributed by atoms with Gasteiger partial charge in [0.05, 0.1) is 5.69 Å². The zero-order valence-electron chi connectivity index (χ0n) is 8.24. The minimum atomic E-state index is -0.350. The van der Waals surface area contributed by atoms with Gasteiger partial charge in [-0.05, 0) is 19.1 Å². The van der Waals surface area contributed by atoms with Gasteiger partial charge in [0.1, 0.15) is 11.9 Å². The predicted molar refractivity (Wildman–Crippen MR) is 55.8 cm³/mol. The van der Waals surface area contributed by atoms with Crippen LogP contribution in [-0.4, -0.2) is 24.0 Å². The smallest absolute Gasteiger partial charge is 0.241 e. The normalized spacial score (nSPS) is 11.9. The van der Waals surface area contributed by atoms with E-state index in [1.54, 1.807) is 32.3 Å². The van der Waals surface area contributed by atoms with Crippen molar-refractivity contribution in [2.75, 3.05) is 18.1 Å². The monoisotopic (exact) mass is 194 g/mol. The number of anilines is 2. The maximum absolute atomic E-state index is 11.2. The fourth-order valence-electron chi connectivity index (χ4n) is 1.03. The van der Waals surface area contributed by atoms with E-state index in [2.05, 4.69) is 15.6 Å². The molecule has 0 bridgehead atoms. The van der Waals surface area contributed by atoms with E-state index in [1.165, 1.54) is 0 Å². The van der Waals surface area contributed by atoms with Crippen LogP contribution < -0.4 is 16.4 Å². The molecule has 0 aliphatic heterocycles. The van der Waals surface area contributed by atoms with Crippen LogP contribution in [0.1, 0.15) is 6.92 Å². The Bertz CT molecular complexity index is 326. The van der Waals surface area contributed by atoms with Crippen molar-refractivity contribution in [3.8, 4) is 0 Å². The molecule has 14 heavy (non-hydrogen) atoms. The van der Waals surface area contributed by atoms with Gasteiger partial charge < -0.3 is 16.4 Å². The Hall–Kier alpha value is -1.78. The molecule has 1 amide bonds. The second-order valence-electron chi connectivity index (χ2n) is 2.92. The van der Waals surface area contributed by atoms with E-state index in [0.717, 1.165) is 0 Å². The van der Waals surface area contributed by atoms with Crippen LogP contribution in [0, 0.1) is 0 Å². The number of nitrogens with zero attached hydrogens (tertiary/aromatic N) is 1. The highest BCUT2D eigenvalue weighted by Crippen LogP contribution is 2.13. The molecule has 0 radical (unpaired) electrons. The Labute approximate surface area is 82.7 Å². The van der Waals surface area contributed by atoms with Crippen molar-refractivity contribution < 1.29 is 4.79 Å². The van der Waals surface area contributed by atoms with E-state index >= 15 is 0 Å². The van der Waals surface area contributed by atoms with Crippen LogP contribution >= 0.6 is 0 Å². The van der Waals surface area contributed by atoms with Gasteiger partial charge in [0, 0.05) is 13.2 Å². The Morgan fingerprint density at radius 3 is 2.93 bits per heavy atom. The molecule has 0 spiro atoms. The third-order valence-corrected chi connectivity index (χ3v) is 1.83. The van der Waals surface area contributed by atoms with E-state index in [1.807, 2.05) is 0 Å². The summed E-state index contributed by atoms with van der Waals surface area (Å²) in [7, 11) is 1.59. The predicted octanol–water partition coefficient (Wildman–Crippen LogP) is 0.210. The molecule has 0 aliphatic rings. The third kappa shape index (κ3) is 2.35. The molecule has 0 fully saturated rings. The summed E-state index contributed by atoms with van der Waals surface area (Å²) < 4.78 is 0. The van der Waals surface area contributed by atoms with Crippen LogP contribution in [0.3, 0.4) is 0 Å². The van der Waals surface area contributed by atoms with Crippen LogP contribution in [0.5, 0.6) is 0 Å². The molecule has 4 N–H and O–H groups in total. The SMILES string of the molecule is CNC(=O)C(C)Nc1ncccc1N. The number of carbonyl (C=O) groups is 1. The van der Waals surface area contributed by atoms with Crippen LogP contribution in [0.2, 0.25) is 0 Å². The van der Waals surface area contributed by atoms with E-state index in [0.29, 0.717) is 11.5 Å². The average molecular weight is 194 g/mol. The Morgan fingerprint density at radius 2 is 2.36 bits per heavy atom. The Balaban J connectivity index is 2.69. The lowest BCUT2D eigenvalue weighted by Gasteiger charge is -2.13. The number of carbonyl (C=O) groups excluding carboxylic acids is 1. The zero-order chi connectivity index (χ0) is 10.6. The van der Waals surface area contributed by atoms with Gasteiger partial charge in [0.15, 0.2) is 0 Å². The second kappa shape index (κ2) is 4.45. The number of rotatable bonds is 3. The molecule has 1 unspecified atom stereocenters. The first kappa shape index (κ1) is 10.3. The standard InChI is InChI=1S/C9H14N4O/c1-6(9(14)11-2)13-8-7(10)4-3-5-12-8/h3-6H,10H2,1-2H3,(H,11,14)(H,12,13). The fraction of sp³-hybridized carbons (Fsp3) is 0.333. The number of aromatic nitrogens is 1. The van der Waals surface area contributed by atoms with E-state index < -0.39 is 0 Å². The van der Waals surface area contributed by atoms with Crippen LogP contribution in [0.4, 0.5) is 11.5 Å². The summed E-state index contributed by atoms with van der Waals surface area (Å²) in [6.45, 7) is 1.74. The molecule has 1 aromatic heterocycles. The minimum Gasteiger partial charge on any atom is -0.396 e. The molecule has 0 saturated carbocycles. The highest BCUT2D eigenvalue weighted by atomic mass is 16.2. The molecule has 1 heterocycles. The molecule has 5 heteroatoms. The summed E-state index contributed by atoms with van der Waals surface area (Å²) in [6, 6.07) is 3.12. The van der Waals surface area contributed by atoms with Gasteiger partial charge in [0.25, 0.3) is 0 Å². The second-order valence-corrected chi connectivity index (χ2v) is 2.92. The summed E-state index contributed by atoms with van der Waals surface area (Å²) in [4.78, 5) is 15.2. The number of likely N-dealkylation sites (N-methyl/N-ethyl adjacent to an activating group) is 1. The summed E-state index contributed by atoms with van der Waals surface area (Å²) in [5, 5.41) is 5.45. The topological polar surface area (TPSA) is 80.0 Å². The first-order valence-electron chi connectivity index (χ1n) is 4.33. The number of nitrogen functional groups attached to an aromatic ring is 1. The molecule has 76 valence electrons. The van der Waals surface area contributed by atoms with Crippen molar-refractivity contribution in [3.05, 3.63) is 18.3 Å². The number of pyridine rings is 1. The number of hydrogen-bond donors (Lipinski definition) is 3. The van der Waals surface area contributed by atoms with Crippen molar-refractivity contribution in [2.45, 2.75) is 13.0 Å². The first-order valence-corrected chi connectivity index (χ1v) is 4.33. The molecular formula is C9H14N4O.